The zero-order chi connectivity index (χ0) is 29.6. The molecular formula is C31H43N3O5S. The van der Waals surface area contributed by atoms with Gasteiger partial charge in [-0.1, -0.05) is 24.3 Å². The van der Waals surface area contributed by atoms with E-state index >= 15 is 0 Å². The van der Waals surface area contributed by atoms with E-state index in [4.69, 9.17) is 4.74 Å². The van der Waals surface area contributed by atoms with E-state index in [1.807, 2.05) is 38.3 Å². The maximum absolute atomic E-state index is 14.4. The molecular weight excluding hydrogens is 526 g/mol. The van der Waals surface area contributed by atoms with Gasteiger partial charge in [-0.15, -0.1) is 0 Å². The van der Waals surface area contributed by atoms with Gasteiger partial charge >= 0.3 is 6.09 Å². The number of benzene rings is 2. The number of hydrogen-bond acceptors (Lipinski definition) is 6. The summed E-state index contributed by atoms with van der Waals surface area (Å²) in [5, 5.41) is 16.1. The van der Waals surface area contributed by atoms with Crippen LogP contribution in [-0.4, -0.2) is 57.6 Å². The molecule has 1 aliphatic rings. The van der Waals surface area contributed by atoms with E-state index in [0.717, 1.165) is 30.4 Å². The minimum atomic E-state index is -0.965. The van der Waals surface area contributed by atoms with Crippen LogP contribution in [0.4, 0.5) is 10.5 Å². The Morgan fingerprint density at radius 1 is 1.07 bits per heavy atom. The van der Waals surface area contributed by atoms with Crippen LogP contribution in [0.2, 0.25) is 0 Å². The number of para-hydroxylation sites is 1. The quantitative estimate of drug-likeness (QED) is 0.323. The first kappa shape index (κ1) is 31.3. The van der Waals surface area contributed by atoms with Crippen LogP contribution in [0.3, 0.4) is 0 Å². The molecule has 2 atom stereocenters. The molecule has 0 radical (unpaired) electrons. The lowest BCUT2D eigenvalue weighted by Gasteiger charge is -2.43. The number of nitrogens with zero attached hydrogens (tertiary/aromatic N) is 1. The van der Waals surface area contributed by atoms with Gasteiger partial charge in [0, 0.05) is 11.7 Å². The lowest BCUT2D eigenvalue weighted by atomic mass is 9.87. The fraction of sp³-hybridized carbons (Fsp3) is 0.516. The minimum Gasteiger partial charge on any atom is -0.508 e. The molecule has 40 heavy (non-hydrogen) atoms. The Labute approximate surface area is 242 Å². The predicted octanol–water partition coefficient (Wildman–Crippen LogP) is 6.02. The van der Waals surface area contributed by atoms with Crippen molar-refractivity contribution in [2.45, 2.75) is 91.0 Å². The average molecular weight is 570 g/mol. The highest BCUT2D eigenvalue weighted by Gasteiger charge is 2.42. The van der Waals surface area contributed by atoms with Crippen LogP contribution in [0, 0.1) is 20.8 Å². The molecule has 0 aliphatic heterocycles. The third-order valence-electron chi connectivity index (χ3n) is 7.11. The van der Waals surface area contributed by atoms with Gasteiger partial charge in [-0.25, -0.2) is 4.79 Å². The lowest BCUT2D eigenvalue weighted by Crippen LogP contribution is -2.57. The smallest absolute Gasteiger partial charge is 0.408 e. The number of carbonyl (C=O) groups excluding carboxylic acids is 3. The zero-order valence-electron chi connectivity index (χ0n) is 24.7. The van der Waals surface area contributed by atoms with E-state index < -0.39 is 23.8 Å². The van der Waals surface area contributed by atoms with Gasteiger partial charge in [-0.3, -0.25) is 9.59 Å². The van der Waals surface area contributed by atoms with Gasteiger partial charge in [-0.05, 0) is 114 Å². The van der Waals surface area contributed by atoms with E-state index in [1.165, 1.54) is 0 Å². The summed E-state index contributed by atoms with van der Waals surface area (Å²) in [7, 11) is 0. The summed E-state index contributed by atoms with van der Waals surface area (Å²) >= 11 is 1.58. The van der Waals surface area contributed by atoms with Crippen molar-refractivity contribution in [3.8, 4) is 5.75 Å². The van der Waals surface area contributed by atoms with Gasteiger partial charge in [0.15, 0.2) is 0 Å². The van der Waals surface area contributed by atoms with Crippen molar-refractivity contribution >= 4 is 35.4 Å². The Morgan fingerprint density at radius 2 is 1.73 bits per heavy atom. The number of hydrogen-bond donors (Lipinski definition) is 3. The van der Waals surface area contributed by atoms with Crippen LogP contribution in [0.25, 0.3) is 0 Å². The normalized spacial score (nSPS) is 15.0. The van der Waals surface area contributed by atoms with Crippen molar-refractivity contribution in [2.75, 3.05) is 17.3 Å². The summed E-state index contributed by atoms with van der Waals surface area (Å²) in [6.45, 7) is 10.9. The van der Waals surface area contributed by atoms with Crippen molar-refractivity contribution in [3.05, 3.63) is 58.7 Å². The van der Waals surface area contributed by atoms with Crippen molar-refractivity contribution in [1.82, 2.24) is 10.2 Å². The fourth-order valence-corrected chi connectivity index (χ4v) is 5.27. The Hall–Kier alpha value is -3.20. The van der Waals surface area contributed by atoms with E-state index in [2.05, 4.69) is 10.6 Å². The zero-order valence-corrected chi connectivity index (χ0v) is 25.5. The largest absolute Gasteiger partial charge is 0.508 e. The predicted molar refractivity (Wildman–Crippen MR) is 161 cm³/mol. The summed E-state index contributed by atoms with van der Waals surface area (Å²) in [6.07, 6.45) is 4.14. The highest BCUT2D eigenvalue weighted by molar-refractivity contribution is 7.98. The van der Waals surface area contributed by atoms with E-state index in [0.29, 0.717) is 29.0 Å². The highest BCUT2D eigenvalue weighted by Crippen LogP contribution is 2.36. The first-order valence-electron chi connectivity index (χ1n) is 13.8. The Kier molecular flexibility index (Phi) is 10.5. The number of anilines is 1. The molecule has 3 rings (SSSR count). The molecule has 2 unspecified atom stereocenters. The molecule has 2 aromatic rings. The number of ether oxygens (including phenoxy) is 1. The molecule has 1 aliphatic carbocycles. The van der Waals surface area contributed by atoms with E-state index in [-0.39, 0.29) is 23.6 Å². The van der Waals surface area contributed by atoms with Gasteiger partial charge in [0.1, 0.15) is 23.4 Å². The standard InChI is InChI=1S/C31H43N3O5S/c1-19-10-8-11-20(2)26(19)33-28(36)27(22-14-15-25(35)21(3)18-22)34(23-12-9-13-23)29(37)24(16-17-40-7)32-30(38)39-31(4,5)6/h8,10-11,14-15,18,23-24,27,35H,9,12-13,16-17H2,1-7H3,(H,32,38)(H,33,36). The van der Waals surface area contributed by atoms with Gasteiger partial charge in [0.05, 0.1) is 0 Å². The van der Waals surface area contributed by atoms with Crippen LogP contribution in [-0.2, 0) is 14.3 Å². The first-order chi connectivity index (χ1) is 18.8. The Morgan fingerprint density at radius 3 is 2.25 bits per heavy atom. The van der Waals surface area contributed by atoms with Crippen molar-refractivity contribution < 1.29 is 24.2 Å². The number of aromatic hydroxyl groups is 1. The maximum atomic E-state index is 14.4. The fourth-order valence-electron chi connectivity index (χ4n) is 4.80. The summed E-state index contributed by atoms with van der Waals surface area (Å²) < 4.78 is 5.47. The number of phenolic OH excluding ortho intramolecular Hbond substituents is 1. The third kappa shape index (κ3) is 7.93. The minimum absolute atomic E-state index is 0.114. The molecule has 0 heterocycles. The van der Waals surface area contributed by atoms with Gasteiger partial charge in [0.2, 0.25) is 5.91 Å². The molecule has 2 aromatic carbocycles. The number of thioether (sulfide) groups is 1. The monoisotopic (exact) mass is 569 g/mol. The molecule has 0 spiro atoms. The van der Waals surface area contributed by atoms with Gasteiger partial charge in [-0.2, -0.15) is 11.8 Å². The van der Waals surface area contributed by atoms with Crippen molar-refractivity contribution in [3.63, 3.8) is 0 Å². The topological polar surface area (TPSA) is 108 Å². The molecule has 0 saturated heterocycles. The van der Waals surface area contributed by atoms with Crippen molar-refractivity contribution in [1.29, 1.82) is 0 Å². The molecule has 0 bridgehead atoms. The summed E-state index contributed by atoms with van der Waals surface area (Å²) in [5.41, 5.74) is 3.02. The van der Waals surface area contributed by atoms with Crippen LogP contribution in [0.1, 0.15) is 74.8 Å². The molecule has 3 amide bonds. The second-order valence-electron chi connectivity index (χ2n) is 11.5. The molecule has 0 aromatic heterocycles. The number of amides is 3. The average Bonchev–Trinajstić information content (AvgIpc) is 2.83. The van der Waals surface area contributed by atoms with E-state index in [1.54, 1.807) is 62.6 Å². The summed E-state index contributed by atoms with van der Waals surface area (Å²) in [5.74, 6) is 0.0895. The lowest BCUT2D eigenvalue weighted by molar-refractivity contribution is -0.145. The Balaban J connectivity index is 2.06. The molecule has 1 fully saturated rings. The number of rotatable bonds is 10. The summed E-state index contributed by atoms with van der Waals surface area (Å²) in [4.78, 5) is 42.9. The molecule has 218 valence electrons. The van der Waals surface area contributed by atoms with Crippen LogP contribution in [0.15, 0.2) is 36.4 Å². The van der Waals surface area contributed by atoms with Gasteiger partial charge in [0.25, 0.3) is 5.91 Å². The summed E-state index contributed by atoms with van der Waals surface area (Å²) in [6, 6.07) is 8.80. The third-order valence-corrected chi connectivity index (χ3v) is 7.76. The first-order valence-corrected chi connectivity index (χ1v) is 15.2. The SMILES string of the molecule is CSCCC(NC(=O)OC(C)(C)C)C(=O)N(C1CCC1)C(C(=O)Nc1c(C)cccc1C)c1ccc(O)c(C)c1. The number of carbonyl (C=O) groups is 3. The molecule has 8 nitrogen and oxygen atoms in total. The second kappa shape index (κ2) is 13.4. The van der Waals surface area contributed by atoms with E-state index in [9.17, 15) is 19.5 Å². The second-order valence-corrected chi connectivity index (χ2v) is 12.5. The molecule has 1 saturated carbocycles. The number of aryl methyl sites for hydroxylation is 3. The van der Waals surface area contributed by atoms with Crippen LogP contribution < -0.4 is 10.6 Å². The van der Waals surface area contributed by atoms with Crippen LogP contribution >= 0.6 is 11.8 Å². The number of phenols is 1. The molecule has 3 N–H and O–H groups in total. The van der Waals surface area contributed by atoms with Crippen molar-refractivity contribution in [2.24, 2.45) is 0 Å². The maximum Gasteiger partial charge on any atom is 0.408 e. The highest BCUT2D eigenvalue weighted by atomic mass is 32.2. The van der Waals surface area contributed by atoms with Crippen LogP contribution in [0.5, 0.6) is 5.75 Å². The Bertz CT molecular complexity index is 1200. The molecule has 9 heteroatoms. The van der Waals surface area contributed by atoms with Gasteiger partial charge < -0.3 is 25.4 Å². The number of alkyl carbamates (subject to hydrolysis) is 1. The number of nitrogens with one attached hydrogen (secondary N) is 2.